The molecule has 0 heterocycles. The summed E-state index contributed by atoms with van der Waals surface area (Å²) in [5, 5.41) is 16.1. The van der Waals surface area contributed by atoms with Gasteiger partial charge in [0.25, 0.3) is 0 Å². The summed E-state index contributed by atoms with van der Waals surface area (Å²) in [6.07, 6.45) is 1.84. The number of hydrogen-bond donors (Lipinski definition) is 1. The minimum absolute atomic E-state index is 0.0329. The fourth-order valence-electron chi connectivity index (χ4n) is 2.56. The predicted octanol–water partition coefficient (Wildman–Crippen LogP) is 6.86. The maximum absolute atomic E-state index is 11.3. The van der Waals surface area contributed by atoms with Crippen molar-refractivity contribution in [3.63, 3.8) is 0 Å². The first-order chi connectivity index (χ1) is 14.8. The van der Waals surface area contributed by atoms with E-state index in [-0.39, 0.29) is 5.71 Å². The molecule has 0 spiro atoms. The van der Waals surface area contributed by atoms with Gasteiger partial charge in [0.05, 0.1) is 17.8 Å². The van der Waals surface area contributed by atoms with Gasteiger partial charge in [0.2, 0.25) is 0 Å². The van der Waals surface area contributed by atoms with Crippen LogP contribution >= 0.6 is 23.2 Å². The molecule has 5 nitrogen and oxygen atoms in total. The van der Waals surface area contributed by atoms with E-state index in [0.29, 0.717) is 33.6 Å². The van der Waals surface area contributed by atoms with Gasteiger partial charge in [-0.15, -0.1) is 0 Å². The number of carboxylic acids is 1. The maximum Gasteiger partial charge on any atom is 0.351 e. The van der Waals surface area contributed by atoms with E-state index in [1.54, 1.807) is 36.4 Å². The highest BCUT2D eigenvalue weighted by molar-refractivity contribution is 6.34. The molecule has 2 aromatic rings. The third-order valence-electron chi connectivity index (χ3n) is 4.13. The quantitative estimate of drug-likeness (QED) is 0.264. The molecule has 0 saturated heterocycles. The Hall–Kier alpha value is -2.76. The second-order valence-electron chi connectivity index (χ2n) is 6.12. The zero-order valence-electron chi connectivity index (χ0n) is 18.4. The van der Waals surface area contributed by atoms with Crippen LogP contribution in [0.5, 0.6) is 5.75 Å². The first-order valence-electron chi connectivity index (χ1n) is 9.83. The third kappa shape index (κ3) is 7.46. The van der Waals surface area contributed by atoms with E-state index in [1.165, 1.54) is 6.92 Å². The van der Waals surface area contributed by atoms with Crippen LogP contribution in [0.4, 0.5) is 0 Å². The fourth-order valence-corrected chi connectivity index (χ4v) is 2.95. The van der Waals surface area contributed by atoms with E-state index in [9.17, 15) is 9.90 Å². The third-order valence-corrected chi connectivity index (χ3v) is 4.68. The molecule has 0 aromatic heterocycles. The number of aliphatic carboxylic acids is 1. The summed E-state index contributed by atoms with van der Waals surface area (Å²) in [5.41, 5.74) is 2.95. The number of hydrogen-bond acceptors (Lipinski definition) is 4. The van der Waals surface area contributed by atoms with Crippen LogP contribution in [0.3, 0.4) is 0 Å². The maximum atomic E-state index is 11.3. The molecule has 0 bridgehead atoms. The molecule has 0 aliphatic heterocycles. The lowest BCUT2D eigenvalue weighted by molar-refractivity contribution is -0.129. The second kappa shape index (κ2) is 12.8. The van der Waals surface area contributed by atoms with Crippen molar-refractivity contribution in [3.8, 4) is 5.75 Å². The van der Waals surface area contributed by atoms with Gasteiger partial charge in [-0.2, -0.15) is 5.10 Å². The minimum Gasteiger partial charge on any atom is -0.495 e. The zero-order chi connectivity index (χ0) is 23.6. The molecule has 7 heteroatoms. The van der Waals surface area contributed by atoms with Crippen molar-refractivity contribution < 1.29 is 14.6 Å². The first-order valence-corrected chi connectivity index (χ1v) is 10.6. The highest BCUT2D eigenvalue weighted by atomic mass is 35.5. The van der Waals surface area contributed by atoms with Gasteiger partial charge in [0.15, 0.2) is 0 Å². The van der Waals surface area contributed by atoms with Crippen LogP contribution in [-0.2, 0) is 4.79 Å². The highest BCUT2D eigenvalue weighted by Crippen LogP contribution is 2.31. The number of halogens is 2. The highest BCUT2D eigenvalue weighted by Gasteiger charge is 2.15. The molecule has 0 unspecified atom stereocenters. The zero-order valence-corrected chi connectivity index (χ0v) is 20.0. The van der Waals surface area contributed by atoms with Gasteiger partial charge in [-0.25, -0.2) is 4.79 Å². The summed E-state index contributed by atoms with van der Waals surface area (Å²) in [7, 11) is 1.54. The molecule has 0 aliphatic rings. The van der Waals surface area contributed by atoms with Crippen LogP contribution in [0, 0.1) is 0 Å². The molecule has 166 valence electrons. The lowest BCUT2D eigenvalue weighted by Gasteiger charge is -2.23. The Labute approximate surface area is 194 Å². The number of rotatable bonds is 8. The van der Waals surface area contributed by atoms with Gasteiger partial charge in [0.1, 0.15) is 11.5 Å². The molecule has 1 N–H and O–H groups in total. The Morgan fingerprint density at radius 3 is 2.23 bits per heavy atom. The van der Waals surface area contributed by atoms with Crippen molar-refractivity contribution in [2.45, 2.75) is 27.7 Å². The molecule has 0 atom stereocenters. The van der Waals surface area contributed by atoms with Crippen molar-refractivity contribution in [2.24, 2.45) is 5.10 Å². The average Bonchev–Trinajstić information content (AvgIpc) is 2.77. The molecule has 31 heavy (non-hydrogen) atoms. The summed E-state index contributed by atoms with van der Waals surface area (Å²) in [4.78, 5) is 11.3. The van der Waals surface area contributed by atoms with E-state index in [0.717, 1.165) is 11.1 Å². The van der Waals surface area contributed by atoms with Gasteiger partial charge in [-0.1, -0.05) is 55.8 Å². The largest absolute Gasteiger partial charge is 0.495 e. The molecule has 0 amide bonds. The van der Waals surface area contributed by atoms with E-state index >= 15 is 0 Å². The summed E-state index contributed by atoms with van der Waals surface area (Å²) in [6.45, 7) is 11.9. The number of ether oxygens (including phenoxy) is 1. The number of allylic oxidation sites excluding steroid dienone is 2. The normalized spacial score (nSPS) is 11.3. The summed E-state index contributed by atoms with van der Waals surface area (Å²) < 4.78 is 5.22. The Morgan fingerprint density at radius 1 is 1.16 bits per heavy atom. The minimum atomic E-state index is -1.09. The standard InChI is InChI=1S/C22H22Cl2N2O3.C2H6/c1-5-26(25-15(3)22(27)28)20(17-8-11-21(29-4)19(24)13-17)12-14(2)16-6-9-18(23)10-7-16;1-2/h6-13H,2,5H2,1,3-4H3,(H,27,28);1-2H3/b20-12-,25-15+;. The molecule has 2 rings (SSSR count). The van der Waals surface area contributed by atoms with Crippen LogP contribution in [0.2, 0.25) is 10.0 Å². The number of nitrogens with zero attached hydrogens (tertiary/aromatic N) is 2. The van der Waals surface area contributed by atoms with E-state index < -0.39 is 5.97 Å². The Bertz CT molecular complexity index is 967. The van der Waals surface area contributed by atoms with E-state index in [4.69, 9.17) is 27.9 Å². The van der Waals surface area contributed by atoms with Crippen LogP contribution in [0.25, 0.3) is 11.3 Å². The van der Waals surface area contributed by atoms with Crippen molar-refractivity contribution in [1.82, 2.24) is 5.01 Å². The molecular formula is C24H28Cl2N2O3. The van der Waals surface area contributed by atoms with Crippen molar-refractivity contribution in [1.29, 1.82) is 0 Å². The molecule has 2 aromatic carbocycles. The topological polar surface area (TPSA) is 62.1 Å². The Balaban J connectivity index is 0.00000233. The van der Waals surface area contributed by atoms with E-state index in [2.05, 4.69) is 11.7 Å². The van der Waals surface area contributed by atoms with Gasteiger partial charge in [-0.05, 0) is 61.4 Å². The Morgan fingerprint density at radius 2 is 1.74 bits per heavy atom. The number of carboxylic acid groups (broad SMARTS) is 1. The molecular weight excluding hydrogens is 435 g/mol. The lowest BCUT2D eigenvalue weighted by Crippen LogP contribution is -2.20. The molecule has 0 aliphatic carbocycles. The summed E-state index contributed by atoms with van der Waals surface area (Å²) in [5.74, 6) is -0.549. The van der Waals surface area contributed by atoms with Gasteiger partial charge in [0, 0.05) is 17.1 Å². The van der Waals surface area contributed by atoms with Crippen LogP contribution in [-0.4, -0.2) is 35.5 Å². The smallest absolute Gasteiger partial charge is 0.351 e. The van der Waals surface area contributed by atoms with Crippen molar-refractivity contribution in [2.75, 3.05) is 13.7 Å². The van der Waals surface area contributed by atoms with Gasteiger partial charge < -0.3 is 9.84 Å². The molecule has 0 fully saturated rings. The van der Waals surface area contributed by atoms with Crippen molar-refractivity contribution in [3.05, 3.63) is 76.3 Å². The van der Waals surface area contributed by atoms with Crippen LogP contribution in [0.1, 0.15) is 38.8 Å². The average molecular weight is 463 g/mol. The monoisotopic (exact) mass is 462 g/mol. The summed E-state index contributed by atoms with van der Waals surface area (Å²) >= 11 is 12.3. The predicted molar refractivity (Wildman–Crippen MR) is 131 cm³/mol. The number of carbonyl (C=O) groups is 1. The first kappa shape index (κ1) is 26.3. The lowest BCUT2D eigenvalue weighted by atomic mass is 10.0. The number of benzene rings is 2. The Kier molecular flexibility index (Phi) is 10.9. The second-order valence-corrected chi connectivity index (χ2v) is 6.96. The van der Waals surface area contributed by atoms with E-state index in [1.807, 2.05) is 45.0 Å². The number of hydrazone groups is 1. The van der Waals surface area contributed by atoms with Gasteiger partial charge in [-0.3, -0.25) is 5.01 Å². The summed E-state index contributed by atoms with van der Waals surface area (Å²) in [6, 6.07) is 12.6. The van der Waals surface area contributed by atoms with Crippen LogP contribution < -0.4 is 4.74 Å². The SMILES string of the molecule is C=C(/C=C(/c1ccc(OC)c(Cl)c1)N(CC)/N=C(\C)C(=O)O)c1ccc(Cl)cc1.CC. The van der Waals surface area contributed by atoms with Crippen molar-refractivity contribution >= 4 is 46.2 Å². The molecule has 0 saturated carbocycles. The number of methoxy groups -OCH3 is 1. The molecule has 0 radical (unpaired) electrons. The van der Waals surface area contributed by atoms with Gasteiger partial charge >= 0.3 is 5.97 Å². The van der Waals surface area contributed by atoms with Crippen LogP contribution in [0.15, 0.2) is 60.2 Å². The fraction of sp³-hybridized carbons (Fsp3) is 0.250.